The van der Waals surface area contributed by atoms with Gasteiger partial charge in [-0.15, -0.1) is 0 Å². The fourth-order valence-corrected chi connectivity index (χ4v) is 3.26. The second-order valence-corrected chi connectivity index (χ2v) is 6.77. The van der Waals surface area contributed by atoms with E-state index in [4.69, 9.17) is 28.1 Å². The fourth-order valence-electron chi connectivity index (χ4n) is 3.13. The van der Waals surface area contributed by atoms with Crippen molar-refractivity contribution in [2.75, 3.05) is 16.8 Å². The standard InChI is InChI=1S/C17H20ClN7/c18-14-15(19)24-16(20)17(23-14)21-8-13-22-11-6-1-2-7-12(11)25(13)9-10-4-3-5-10/h1-2,6-7,10H,3-5,8-9H2,(H,21,23)(H4,19,20,24). The smallest absolute Gasteiger partial charge is 0.173 e. The van der Waals surface area contributed by atoms with E-state index in [1.165, 1.54) is 19.3 Å². The van der Waals surface area contributed by atoms with Gasteiger partial charge in [0.1, 0.15) is 5.82 Å². The summed E-state index contributed by atoms with van der Waals surface area (Å²) in [5, 5.41) is 3.32. The van der Waals surface area contributed by atoms with Crippen LogP contribution >= 0.6 is 11.6 Å². The van der Waals surface area contributed by atoms with Crippen LogP contribution in [0.1, 0.15) is 25.1 Å². The molecular formula is C17H20ClN7. The number of fused-ring (bicyclic) bond motifs is 1. The van der Waals surface area contributed by atoms with E-state index in [1.54, 1.807) is 0 Å². The number of rotatable bonds is 5. The van der Waals surface area contributed by atoms with E-state index >= 15 is 0 Å². The number of benzene rings is 1. The maximum Gasteiger partial charge on any atom is 0.173 e. The number of halogens is 1. The average Bonchev–Trinajstić information content (AvgIpc) is 2.90. The van der Waals surface area contributed by atoms with Crippen LogP contribution in [-0.4, -0.2) is 19.5 Å². The van der Waals surface area contributed by atoms with Crippen LogP contribution in [0.15, 0.2) is 24.3 Å². The normalized spacial score (nSPS) is 14.6. The lowest BCUT2D eigenvalue weighted by molar-refractivity contribution is 0.277. The van der Waals surface area contributed by atoms with Crippen LogP contribution < -0.4 is 16.8 Å². The van der Waals surface area contributed by atoms with E-state index in [0.717, 1.165) is 29.3 Å². The summed E-state index contributed by atoms with van der Waals surface area (Å²) in [6.45, 7) is 1.47. The third-order valence-corrected chi connectivity index (χ3v) is 5.00. The topological polar surface area (TPSA) is 108 Å². The van der Waals surface area contributed by atoms with Gasteiger partial charge in [-0.05, 0) is 30.9 Å². The number of nitrogens with zero attached hydrogens (tertiary/aromatic N) is 4. The lowest BCUT2D eigenvalue weighted by atomic mass is 9.85. The largest absolute Gasteiger partial charge is 0.381 e. The zero-order chi connectivity index (χ0) is 17.4. The number of hydrogen-bond donors (Lipinski definition) is 3. The summed E-state index contributed by atoms with van der Waals surface area (Å²) in [7, 11) is 0. The molecule has 0 bridgehead atoms. The van der Waals surface area contributed by atoms with Crippen molar-refractivity contribution in [2.24, 2.45) is 5.92 Å². The first-order valence-electron chi connectivity index (χ1n) is 8.38. The van der Waals surface area contributed by atoms with E-state index < -0.39 is 0 Å². The molecule has 2 heterocycles. The van der Waals surface area contributed by atoms with E-state index in [1.807, 2.05) is 18.2 Å². The predicted octanol–water partition coefficient (Wildman–Crippen LogP) is 3.06. The Kier molecular flexibility index (Phi) is 4.09. The lowest BCUT2D eigenvalue weighted by Crippen LogP contribution is -2.20. The molecule has 0 saturated heterocycles. The molecule has 4 rings (SSSR count). The van der Waals surface area contributed by atoms with Crippen LogP contribution in [-0.2, 0) is 13.1 Å². The summed E-state index contributed by atoms with van der Waals surface area (Å²) in [6, 6.07) is 8.19. The Morgan fingerprint density at radius 2 is 1.92 bits per heavy atom. The molecule has 130 valence electrons. The van der Waals surface area contributed by atoms with Crippen molar-refractivity contribution >= 4 is 40.1 Å². The van der Waals surface area contributed by atoms with E-state index in [-0.39, 0.29) is 16.8 Å². The minimum atomic E-state index is 0.127. The summed E-state index contributed by atoms with van der Waals surface area (Å²) in [5.41, 5.74) is 13.6. The Morgan fingerprint density at radius 3 is 2.68 bits per heavy atom. The first-order valence-corrected chi connectivity index (χ1v) is 8.76. The first kappa shape index (κ1) is 16.0. The van der Waals surface area contributed by atoms with Crippen molar-refractivity contribution in [1.82, 2.24) is 19.5 Å². The summed E-state index contributed by atoms with van der Waals surface area (Å²) >= 11 is 5.94. The van der Waals surface area contributed by atoms with Crippen molar-refractivity contribution in [2.45, 2.75) is 32.4 Å². The third kappa shape index (κ3) is 3.07. The number of imidazole rings is 1. The maximum atomic E-state index is 5.94. The highest BCUT2D eigenvalue weighted by molar-refractivity contribution is 6.31. The molecule has 1 aliphatic carbocycles. The van der Waals surface area contributed by atoms with Gasteiger partial charge in [-0.1, -0.05) is 30.2 Å². The van der Waals surface area contributed by atoms with Crippen LogP contribution in [0.2, 0.25) is 5.15 Å². The van der Waals surface area contributed by atoms with Crippen LogP contribution in [0.3, 0.4) is 0 Å². The number of para-hydroxylation sites is 2. The molecule has 0 amide bonds. The second kappa shape index (κ2) is 6.40. The molecule has 1 saturated carbocycles. The Bertz CT molecular complexity index is 917. The monoisotopic (exact) mass is 357 g/mol. The highest BCUT2D eigenvalue weighted by Crippen LogP contribution is 2.30. The number of nitrogens with one attached hydrogen (secondary N) is 1. The van der Waals surface area contributed by atoms with Gasteiger partial charge in [-0.3, -0.25) is 0 Å². The molecule has 25 heavy (non-hydrogen) atoms. The molecule has 1 aromatic carbocycles. The van der Waals surface area contributed by atoms with Crippen molar-refractivity contribution in [3.05, 3.63) is 35.2 Å². The van der Waals surface area contributed by atoms with Crippen LogP contribution in [0.5, 0.6) is 0 Å². The molecule has 7 nitrogen and oxygen atoms in total. The van der Waals surface area contributed by atoms with Gasteiger partial charge in [0.25, 0.3) is 0 Å². The van der Waals surface area contributed by atoms with E-state index in [2.05, 4.69) is 25.9 Å². The van der Waals surface area contributed by atoms with Crippen LogP contribution in [0.4, 0.5) is 17.5 Å². The van der Waals surface area contributed by atoms with Crippen LogP contribution in [0, 0.1) is 5.92 Å². The number of nitrogens with two attached hydrogens (primary N) is 2. The zero-order valence-electron chi connectivity index (χ0n) is 13.7. The van der Waals surface area contributed by atoms with Gasteiger partial charge >= 0.3 is 0 Å². The number of aromatic nitrogens is 4. The number of hydrogen-bond acceptors (Lipinski definition) is 6. The molecule has 1 fully saturated rings. The Balaban J connectivity index is 1.62. The van der Waals surface area contributed by atoms with Gasteiger partial charge in [0.15, 0.2) is 22.6 Å². The van der Waals surface area contributed by atoms with E-state index in [0.29, 0.717) is 12.4 Å². The first-order chi connectivity index (χ1) is 12.1. The molecule has 0 atom stereocenters. The molecule has 0 aliphatic heterocycles. The van der Waals surface area contributed by atoms with Crippen molar-refractivity contribution < 1.29 is 0 Å². The molecule has 0 spiro atoms. The molecule has 0 radical (unpaired) electrons. The molecule has 8 heteroatoms. The quantitative estimate of drug-likeness (QED) is 0.647. The van der Waals surface area contributed by atoms with Crippen molar-refractivity contribution in [3.8, 4) is 0 Å². The Hall–Kier alpha value is -2.54. The zero-order valence-corrected chi connectivity index (χ0v) is 14.5. The lowest BCUT2D eigenvalue weighted by Gasteiger charge is -2.26. The Labute approximate surface area is 150 Å². The molecule has 2 aromatic heterocycles. The second-order valence-electron chi connectivity index (χ2n) is 6.41. The highest BCUT2D eigenvalue weighted by atomic mass is 35.5. The van der Waals surface area contributed by atoms with Crippen molar-refractivity contribution in [3.63, 3.8) is 0 Å². The molecule has 3 aromatic rings. The summed E-state index contributed by atoms with van der Waals surface area (Å²) < 4.78 is 2.29. The molecule has 1 aliphatic rings. The predicted molar refractivity (Wildman–Crippen MR) is 100 cm³/mol. The summed E-state index contributed by atoms with van der Waals surface area (Å²) in [6.07, 6.45) is 3.89. The summed E-state index contributed by atoms with van der Waals surface area (Å²) in [5.74, 6) is 2.45. The highest BCUT2D eigenvalue weighted by Gasteiger charge is 2.21. The molecule has 5 N–H and O–H groups in total. The van der Waals surface area contributed by atoms with Gasteiger partial charge in [-0.25, -0.2) is 15.0 Å². The number of anilines is 3. The minimum Gasteiger partial charge on any atom is -0.381 e. The molecule has 0 unspecified atom stereocenters. The third-order valence-electron chi connectivity index (χ3n) is 4.72. The SMILES string of the molecule is Nc1nc(N)c(NCc2nc3ccccc3n2CC2CCC2)nc1Cl. The van der Waals surface area contributed by atoms with Gasteiger partial charge in [-0.2, -0.15) is 0 Å². The van der Waals surface area contributed by atoms with Crippen molar-refractivity contribution in [1.29, 1.82) is 0 Å². The maximum absolute atomic E-state index is 5.94. The van der Waals surface area contributed by atoms with Gasteiger partial charge in [0, 0.05) is 6.54 Å². The fraction of sp³-hybridized carbons (Fsp3) is 0.353. The minimum absolute atomic E-state index is 0.127. The Morgan fingerprint density at radius 1 is 1.12 bits per heavy atom. The van der Waals surface area contributed by atoms with E-state index in [9.17, 15) is 0 Å². The summed E-state index contributed by atoms with van der Waals surface area (Å²) in [4.78, 5) is 12.9. The number of nitrogen functional groups attached to an aromatic ring is 2. The average molecular weight is 358 g/mol. The van der Waals surface area contributed by atoms with Crippen LogP contribution in [0.25, 0.3) is 11.0 Å². The van der Waals surface area contributed by atoms with Gasteiger partial charge in [0.2, 0.25) is 0 Å². The van der Waals surface area contributed by atoms with Gasteiger partial charge < -0.3 is 21.4 Å². The molecular weight excluding hydrogens is 338 g/mol. The van der Waals surface area contributed by atoms with Gasteiger partial charge in [0.05, 0.1) is 17.6 Å².